The normalized spacial score (nSPS) is 15.3. The fraction of sp³-hybridized carbons (Fsp3) is 0.367. The van der Waals surface area contributed by atoms with E-state index in [1.54, 1.807) is 31.4 Å². The average molecular weight is 543 g/mol. The molecule has 5 rings (SSSR count). The minimum absolute atomic E-state index is 0.00209. The van der Waals surface area contributed by atoms with E-state index in [2.05, 4.69) is 31.0 Å². The summed E-state index contributed by atoms with van der Waals surface area (Å²) in [6, 6.07) is 18.4. The largest absolute Gasteiger partial charge is 0.496 e. The van der Waals surface area contributed by atoms with Crippen LogP contribution in [0, 0.1) is 11.8 Å². The summed E-state index contributed by atoms with van der Waals surface area (Å²) >= 11 is 0. The molecule has 3 amide bonds. The summed E-state index contributed by atoms with van der Waals surface area (Å²) in [7, 11) is 1.64. The Balaban J connectivity index is 1.01. The van der Waals surface area contributed by atoms with Gasteiger partial charge >= 0.3 is 0 Å². The molecule has 10 heteroatoms. The maximum atomic E-state index is 12.7. The molecule has 40 heavy (non-hydrogen) atoms. The van der Waals surface area contributed by atoms with Crippen LogP contribution in [0.2, 0.25) is 0 Å². The van der Waals surface area contributed by atoms with Gasteiger partial charge in [-0.2, -0.15) is 0 Å². The molecule has 1 saturated carbocycles. The van der Waals surface area contributed by atoms with Gasteiger partial charge in [0.05, 0.1) is 12.8 Å². The van der Waals surface area contributed by atoms with E-state index in [9.17, 15) is 14.4 Å². The fourth-order valence-corrected chi connectivity index (χ4v) is 4.77. The lowest BCUT2D eigenvalue weighted by Crippen LogP contribution is -2.42. The van der Waals surface area contributed by atoms with Crippen LogP contribution in [0.1, 0.15) is 36.0 Å². The second-order valence-electron chi connectivity index (χ2n) is 10.1. The minimum Gasteiger partial charge on any atom is -0.496 e. The lowest BCUT2D eigenvalue weighted by molar-refractivity contribution is -0.125. The zero-order valence-electron chi connectivity index (χ0n) is 22.6. The molecule has 2 fully saturated rings. The van der Waals surface area contributed by atoms with Crippen LogP contribution in [-0.4, -0.2) is 61.2 Å². The van der Waals surface area contributed by atoms with Gasteiger partial charge in [0.1, 0.15) is 5.75 Å². The standard InChI is InChI=1S/C30H34N6O4/c1-40-26-5-3-2-4-24(26)25-12-13-27(35-34-25)36-18-14-22(15-19-36)29(38)32-17-16-31-28(37)20-8-10-23(11-9-20)33-30(39)21-6-7-21/h2-5,8-13,21-22H,6-7,14-19H2,1H3,(H,31,37)(H,32,38)(H,33,39). The monoisotopic (exact) mass is 542 g/mol. The van der Waals surface area contributed by atoms with E-state index in [0.29, 0.717) is 37.4 Å². The highest BCUT2D eigenvalue weighted by Gasteiger charge is 2.29. The van der Waals surface area contributed by atoms with Crippen molar-refractivity contribution in [3.63, 3.8) is 0 Å². The number of piperidine rings is 1. The highest BCUT2D eigenvalue weighted by molar-refractivity contribution is 5.96. The number of hydrogen-bond acceptors (Lipinski definition) is 7. The van der Waals surface area contributed by atoms with Crippen LogP contribution >= 0.6 is 0 Å². The van der Waals surface area contributed by atoms with Crippen molar-refractivity contribution < 1.29 is 19.1 Å². The molecule has 0 radical (unpaired) electrons. The Bertz CT molecular complexity index is 1330. The number of para-hydroxylation sites is 1. The van der Waals surface area contributed by atoms with E-state index in [4.69, 9.17) is 4.74 Å². The zero-order chi connectivity index (χ0) is 27.9. The van der Waals surface area contributed by atoms with E-state index in [-0.39, 0.29) is 29.6 Å². The molecule has 2 aromatic carbocycles. The van der Waals surface area contributed by atoms with Gasteiger partial charge in [0.2, 0.25) is 11.8 Å². The van der Waals surface area contributed by atoms with E-state index in [1.807, 2.05) is 36.4 Å². The first-order valence-corrected chi connectivity index (χ1v) is 13.7. The maximum absolute atomic E-state index is 12.7. The van der Waals surface area contributed by atoms with E-state index < -0.39 is 0 Å². The number of amides is 3. The molecule has 0 atom stereocenters. The summed E-state index contributed by atoms with van der Waals surface area (Å²) in [6.07, 6.45) is 3.32. The van der Waals surface area contributed by atoms with Crippen LogP contribution in [0.4, 0.5) is 11.5 Å². The highest BCUT2D eigenvalue weighted by Crippen LogP contribution is 2.30. The Hall–Kier alpha value is -4.47. The van der Waals surface area contributed by atoms with E-state index in [1.165, 1.54) is 0 Å². The number of benzene rings is 2. The molecule has 1 saturated heterocycles. The van der Waals surface area contributed by atoms with Gasteiger partial charge in [-0.05, 0) is 74.2 Å². The Morgan fingerprint density at radius 1 is 0.825 bits per heavy atom. The van der Waals surface area contributed by atoms with Gasteiger partial charge in [-0.15, -0.1) is 10.2 Å². The third kappa shape index (κ3) is 6.74. The van der Waals surface area contributed by atoms with E-state index >= 15 is 0 Å². The van der Waals surface area contributed by atoms with Crippen LogP contribution < -0.4 is 25.6 Å². The molecule has 0 unspecified atom stereocenters. The van der Waals surface area contributed by atoms with Crippen LogP contribution in [0.5, 0.6) is 5.75 Å². The molecule has 208 valence electrons. The number of rotatable bonds is 10. The molecule has 2 heterocycles. The number of anilines is 2. The summed E-state index contributed by atoms with van der Waals surface area (Å²) in [5, 5.41) is 17.4. The van der Waals surface area contributed by atoms with Crippen molar-refractivity contribution in [1.82, 2.24) is 20.8 Å². The lowest BCUT2D eigenvalue weighted by atomic mass is 9.96. The first-order valence-electron chi connectivity index (χ1n) is 13.7. The number of carbonyl (C=O) groups excluding carboxylic acids is 3. The van der Waals surface area contributed by atoms with Crippen molar-refractivity contribution in [2.45, 2.75) is 25.7 Å². The first kappa shape index (κ1) is 27.1. The molecule has 10 nitrogen and oxygen atoms in total. The van der Waals surface area contributed by atoms with Gasteiger partial charge in [-0.25, -0.2) is 0 Å². The van der Waals surface area contributed by atoms with Crippen molar-refractivity contribution in [2.75, 3.05) is 43.5 Å². The van der Waals surface area contributed by atoms with Crippen molar-refractivity contribution >= 4 is 29.2 Å². The second kappa shape index (κ2) is 12.6. The summed E-state index contributed by atoms with van der Waals surface area (Å²) in [5.74, 6) is 1.40. The third-order valence-corrected chi connectivity index (χ3v) is 7.30. The van der Waals surface area contributed by atoms with E-state index in [0.717, 1.165) is 48.5 Å². The van der Waals surface area contributed by atoms with Crippen LogP contribution in [0.25, 0.3) is 11.3 Å². The number of ether oxygens (including phenoxy) is 1. The quantitative estimate of drug-likeness (QED) is 0.336. The molecular formula is C30H34N6O4. The molecule has 2 aliphatic rings. The number of aromatic nitrogens is 2. The summed E-state index contributed by atoms with van der Waals surface area (Å²) in [5.41, 5.74) is 2.82. The lowest BCUT2D eigenvalue weighted by Gasteiger charge is -2.31. The second-order valence-corrected chi connectivity index (χ2v) is 10.1. The fourth-order valence-electron chi connectivity index (χ4n) is 4.77. The molecule has 1 aliphatic heterocycles. The minimum atomic E-state index is -0.222. The maximum Gasteiger partial charge on any atom is 0.251 e. The van der Waals surface area contributed by atoms with Crippen molar-refractivity contribution in [2.24, 2.45) is 11.8 Å². The van der Waals surface area contributed by atoms with Gasteiger partial charge in [-0.3, -0.25) is 14.4 Å². The summed E-state index contributed by atoms with van der Waals surface area (Å²) in [4.78, 5) is 39.1. The number of hydrogen-bond donors (Lipinski definition) is 3. The van der Waals surface area contributed by atoms with Crippen LogP contribution in [0.3, 0.4) is 0 Å². The van der Waals surface area contributed by atoms with Gasteiger partial charge in [0, 0.05) is 54.8 Å². The SMILES string of the molecule is COc1ccccc1-c1ccc(N2CCC(C(=O)NCCNC(=O)c3ccc(NC(=O)C4CC4)cc3)CC2)nn1. The van der Waals surface area contributed by atoms with Gasteiger partial charge in [0.15, 0.2) is 5.82 Å². The van der Waals surface area contributed by atoms with Crippen LogP contribution in [0.15, 0.2) is 60.7 Å². The van der Waals surface area contributed by atoms with Gasteiger partial charge in [-0.1, -0.05) is 12.1 Å². The van der Waals surface area contributed by atoms with Crippen molar-refractivity contribution in [1.29, 1.82) is 0 Å². The average Bonchev–Trinajstić information content (AvgIpc) is 3.86. The summed E-state index contributed by atoms with van der Waals surface area (Å²) in [6.45, 7) is 2.12. The van der Waals surface area contributed by atoms with Gasteiger partial charge in [0.25, 0.3) is 5.91 Å². The Morgan fingerprint density at radius 3 is 2.20 bits per heavy atom. The zero-order valence-corrected chi connectivity index (χ0v) is 22.6. The molecular weight excluding hydrogens is 508 g/mol. The number of nitrogens with zero attached hydrogens (tertiary/aromatic N) is 3. The molecule has 3 N–H and O–H groups in total. The molecule has 1 aromatic heterocycles. The van der Waals surface area contributed by atoms with Crippen LogP contribution in [-0.2, 0) is 9.59 Å². The Labute approximate surface area is 233 Å². The predicted molar refractivity (Wildman–Crippen MR) is 152 cm³/mol. The topological polar surface area (TPSA) is 126 Å². The molecule has 3 aromatic rings. The number of carbonyl (C=O) groups is 3. The third-order valence-electron chi connectivity index (χ3n) is 7.30. The highest BCUT2D eigenvalue weighted by atomic mass is 16.5. The van der Waals surface area contributed by atoms with Crippen molar-refractivity contribution in [3.05, 3.63) is 66.2 Å². The Kier molecular flexibility index (Phi) is 8.53. The smallest absolute Gasteiger partial charge is 0.251 e. The number of nitrogens with one attached hydrogen (secondary N) is 3. The number of methoxy groups -OCH3 is 1. The van der Waals surface area contributed by atoms with Crippen molar-refractivity contribution in [3.8, 4) is 17.0 Å². The van der Waals surface area contributed by atoms with Gasteiger partial charge < -0.3 is 25.6 Å². The molecule has 1 aliphatic carbocycles. The molecule has 0 bridgehead atoms. The predicted octanol–water partition coefficient (Wildman–Crippen LogP) is 3.26. The summed E-state index contributed by atoms with van der Waals surface area (Å²) < 4.78 is 5.42. The Morgan fingerprint density at radius 2 is 1.52 bits per heavy atom. The molecule has 0 spiro atoms. The first-order chi connectivity index (χ1) is 19.5.